The molecule has 0 radical (unpaired) electrons. The first-order chi connectivity index (χ1) is 12.1. The Morgan fingerprint density at radius 1 is 1.24 bits per heavy atom. The van der Waals surface area contributed by atoms with Crippen LogP contribution in [0.1, 0.15) is 18.4 Å². The molecule has 25 heavy (non-hydrogen) atoms. The molecule has 7 nitrogen and oxygen atoms in total. The van der Waals surface area contributed by atoms with Crippen LogP contribution in [0.15, 0.2) is 36.7 Å². The quantitative estimate of drug-likeness (QED) is 0.893. The average Bonchev–Trinajstić information content (AvgIpc) is 3.27. The van der Waals surface area contributed by atoms with Gasteiger partial charge in [-0.2, -0.15) is 5.10 Å². The van der Waals surface area contributed by atoms with Crippen LogP contribution in [0.4, 0.5) is 10.5 Å². The Bertz CT molecular complexity index is 792. The molecule has 0 bridgehead atoms. The van der Waals surface area contributed by atoms with Crippen molar-refractivity contribution in [3.8, 4) is 5.69 Å². The van der Waals surface area contributed by atoms with Gasteiger partial charge in [0.05, 0.1) is 11.7 Å². The van der Waals surface area contributed by atoms with Crippen molar-refractivity contribution >= 4 is 17.6 Å². The Hall–Kier alpha value is -2.83. The number of aromatic nitrogens is 2. The van der Waals surface area contributed by atoms with Crippen LogP contribution in [0.25, 0.3) is 5.69 Å². The van der Waals surface area contributed by atoms with Crippen LogP contribution in [0, 0.1) is 12.8 Å². The van der Waals surface area contributed by atoms with E-state index < -0.39 is 0 Å². The number of aryl methyl sites for hydroxylation is 1. The zero-order valence-electron chi connectivity index (χ0n) is 14.1. The maximum absolute atomic E-state index is 12.4. The zero-order valence-corrected chi connectivity index (χ0v) is 14.1. The minimum Gasteiger partial charge on any atom is -0.350 e. The molecule has 1 aromatic carbocycles. The molecule has 130 valence electrons. The van der Waals surface area contributed by atoms with Crippen LogP contribution in [0.2, 0.25) is 0 Å². The highest BCUT2D eigenvalue weighted by Gasteiger charge is 2.36. The van der Waals surface area contributed by atoms with Gasteiger partial charge in [-0.25, -0.2) is 9.48 Å². The number of amides is 3. The van der Waals surface area contributed by atoms with Crippen molar-refractivity contribution in [1.82, 2.24) is 20.0 Å². The summed E-state index contributed by atoms with van der Waals surface area (Å²) in [7, 11) is 0. The van der Waals surface area contributed by atoms with E-state index in [2.05, 4.69) is 15.7 Å². The van der Waals surface area contributed by atoms with Gasteiger partial charge in [0.1, 0.15) is 0 Å². The highest BCUT2D eigenvalue weighted by molar-refractivity contribution is 5.91. The van der Waals surface area contributed by atoms with E-state index >= 15 is 0 Å². The van der Waals surface area contributed by atoms with Gasteiger partial charge in [0.25, 0.3) is 0 Å². The van der Waals surface area contributed by atoms with Gasteiger partial charge in [-0.15, -0.1) is 0 Å². The number of hydrogen-bond acceptors (Lipinski definition) is 3. The van der Waals surface area contributed by atoms with Crippen molar-refractivity contribution in [2.24, 2.45) is 5.92 Å². The van der Waals surface area contributed by atoms with Gasteiger partial charge in [-0.3, -0.25) is 4.79 Å². The zero-order chi connectivity index (χ0) is 17.4. The SMILES string of the molecule is Cc1ccc(-n2cccn2)cc1NC(=O)N1CC(NC(=O)C2CC2)C1. The standard InChI is InChI=1S/C18H21N5O2/c1-12-3-6-15(23-8-2-7-19-23)9-16(12)21-18(25)22-10-14(11-22)20-17(24)13-4-5-13/h2-3,6-9,13-14H,4-5,10-11H2,1H3,(H,20,24)(H,21,25). The molecule has 7 heteroatoms. The topological polar surface area (TPSA) is 79.3 Å². The molecule has 2 heterocycles. The largest absolute Gasteiger partial charge is 0.350 e. The predicted molar refractivity (Wildman–Crippen MR) is 93.5 cm³/mol. The highest BCUT2D eigenvalue weighted by Crippen LogP contribution is 2.29. The number of hydrogen-bond donors (Lipinski definition) is 2. The summed E-state index contributed by atoms with van der Waals surface area (Å²) in [5.74, 6) is 0.336. The normalized spacial score (nSPS) is 17.1. The van der Waals surface area contributed by atoms with Crippen LogP contribution in [0.5, 0.6) is 0 Å². The summed E-state index contributed by atoms with van der Waals surface area (Å²) in [6.45, 7) is 3.07. The second-order valence-corrected chi connectivity index (χ2v) is 6.76. The summed E-state index contributed by atoms with van der Waals surface area (Å²) >= 11 is 0. The van der Waals surface area contributed by atoms with Crippen LogP contribution < -0.4 is 10.6 Å². The number of carbonyl (C=O) groups excluding carboxylic acids is 2. The Balaban J connectivity index is 1.35. The lowest BCUT2D eigenvalue weighted by molar-refractivity contribution is -0.123. The molecule has 4 rings (SSSR count). The molecule has 1 saturated carbocycles. The monoisotopic (exact) mass is 339 g/mol. The van der Waals surface area contributed by atoms with Gasteiger partial charge in [-0.1, -0.05) is 6.07 Å². The van der Waals surface area contributed by atoms with E-state index in [4.69, 9.17) is 0 Å². The first-order valence-electron chi connectivity index (χ1n) is 8.57. The number of nitrogens with zero attached hydrogens (tertiary/aromatic N) is 3. The molecule has 2 N–H and O–H groups in total. The lowest BCUT2D eigenvalue weighted by atomic mass is 10.1. The Morgan fingerprint density at radius 2 is 2.04 bits per heavy atom. The van der Waals surface area contributed by atoms with Crippen molar-refractivity contribution in [1.29, 1.82) is 0 Å². The first kappa shape index (κ1) is 15.7. The van der Waals surface area contributed by atoms with E-state index in [-0.39, 0.29) is 23.9 Å². The van der Waals surface area contributed by atoms with Crippen LogP contribution >= 0.6 is 0 Å². The molecule has 0 unspecified atom stereocenters. The third-order valence-electron chi connectivity index (χ3n) is 4.69. The maximum Gasteiger partial charge on any atom is 0.321 e. The van der Waals surface area contributed by atoms with Gasteiger partial charge in [-0.05, 0) is 43.5 Å². The van der Waals surface area contributed by atoms with Crippen LogP contribution in [-0.2, 0) is 4.79 Å². The van der Waals surface area contributed by atoms with E-state index in [1.54, 1.807) is 15.8 Å². The molecule has 2 aliphatic rings. The Labute approximate surface area is 146 Å². The van der Waals surface area contributed by atoms with E-state index in [0.29, 0.717) is 13.1 Å². The van der Waals surface area contributed by atoms with Gasteiger partial charge < -0.3 is 15.5 Å². The summed E-state index contributed by atoms with van der Waals surface area (Å²) in [5, 5.41) is 10.2. The molecule has 1 aliphatic carbocycles. The molecule has 1 saturated heterocycles. The predicted octanol–water partition coefficient (Wildman–Crippen LogP) is 1.92. The maximum atomic E-state index is 12.4. The van der Waals surface area contributed by atoms with Crippen LogP contribution in [-0.4, -0.2) is 45.8 Å². The van der Waals surface area contributed by atoms with Gasteiger partial charge in [0.15, 0.2) is 0 Å². The Kier molecular flexibility index (Phi) is 3.91. The minimum atomic E-state index is -0.141. The molecular weight excluding hydrogens is 318 g/mol. The smallest absolute Gasteiger partial charge is 0.321 e. The number of urea groups is 1. The second kappa shape index (κ2) is 6.23. The average molecular weight is 339 g/mol. The molecule has 1 aliphatic heterocycles. The third kappa shape index (κ3) is 3.35. The summed E-state index contributed by atoms with van der Waals surface area (Å²) in [4.78, 5) is 25.8. The first-order valence-corrected chi connectivity index (χ1v) is 8.57. The number of carbonyl (C=O) groups is 2. The van der Waals surface area contributed by atoms with Crippen LogP contribution in [0.3, 0.4) is 0 Å². The highest BCUT2D eigenvalue weighted by atomic mass is 16.2. The molecule has 0 atom stereocenters. The molecule has 2 aromatic rings. The van der Waals surface area contributed by atoms with Crippen molar-refractivity contribution in [2.45, 2.75) is 25.8 Å². The molecule has 1 aromatic heterocycles. The lowest BCUT2D eigenvalue weighted by Crippen LogP contribution is -2.62. The van der Waals surface area contributed by atoms with E-state index in [9.17, 15) is 9.59 Å². The minimum absolute atomic E-state index is 0.0790. The summed E-state index contributed by atoms with van der Waals surface area (Å²) in [5.41, 5.74) is 2.65. The number of likely N-dealkylation sites (tertiary alicyclic amines) is 1. The molecule has 0 spiro atoms. The van der Waals surface area contributed by atoms with Crippen molar-refractivity contribution in [2.75, 3.05) is 18.4 Å². The van der Waals surface area contributed by atoms with E-state index in [1.165, 1.54) is 0 Å². The lowest BCUT2D eigenvalue weighted by Gasteiger charge is -2.39. The van der Waals surface area contributed by atoms with E-state index in [1.807, 2.05) is 37.4 Å². The van der Waals surface area contributed by atoms with Crippen molar-refractivity contribution in [3.63, 3.8) is 0 Å². The molecular formula is C18H21N5O2. The number of benzene rings is 1. The number of anilines is 1. The molecule has 2 fully saturated rings. The fourth-order valence-corrected chi connectivity index (χ4v) is 2.90. The summed E-state index contributed by atoms with van der Waals surface area (Å²) < 4.78 is 1.75. The van der Waals surface area contributed by atoms with Gasteiger partial charge in [0.2, 0.25) is 5.91 Å². The molecule has 3 amide bonds. The fourth-order valence-electron chi connectivity index (χ4n) is 2.90. The summed E-state index contributed by atoms with van der Waals surface area (Å²) in [6.07, 6.45) is 5.57. The third-order valence-corrected chi connectivity index (χ3v) is 4.69. The van der Waals surface area contributed by atoms with Crippen molar-refractivity contribution < 1.29 is 9.59 Å². The van der Waals surface area contributed by atoms with Gasteiger partial charge in [0, 0.05) is 37.1 Å². The fraction of sp³-hybridized carbons (Fsp3) is 0.389. The summed E-state index contributed by atoms with van der Waals surface area (Å²) in [6, 6.07) is 7.63. The second-order valence-electron chi connectivity index (χ2n) is 6.76. The van der Waals surface area contributed by atoms with E-state index in [0.717, 1.165) is 29.8 Å². The van der Waals surface area contributed by atoms with Crippen molar-refractivity contribution in [3.05, 3.63) is 42.2 Å². The number of nitrogens with one attached hydrogen (secondary N) is 2. The number of rotatable bonds is 4. The Morgan fingerprint density at radius 3 is 2.72 bits per heavy atom. The van der Waals surface area contributed by atoms with Gasteiger partial charge >= 0.3 is 6.03 Å².